The van der Waals surface area contributed by atoms with Crippen LogP contribution in [0.2, 0.25) is 5.02 Å². The van der Waals surface area contributed by atoms with Crippen molar-refractivity contribution < 1.29 is 14.6 Å². The van der Waals surface area contributed by atoms with Crippen LogP contribution in [0.5, 0.6) is 0 Å². The molecule has 4 nitrogen and oxygen atoms in total. The SMILES string of the molecule is COCC(O)CN(C)C(=O)CSc1ccccc1Cl. The fourth-order valence-electron chi connectivity index (χ4n) is 1.47. The van der Waals surface area contributed by atoms with E-state index in [2.05, 4.69) is 0 Å². The maximum atomic E-state index is 11.9. The molecule has 0 aliphatic rings. The van der Waals surface area contributed by atoms with Crippen molar-refractivity contribution in [3.8, 4) is 0 Å². The summed E-state index contributed by atoms with van der Waals surface area (Å²) in [6.07, 6.45) is -0.663. The molecule has 0 saturated carbocycles. The molecule has 0 aromatic heterocycles. The first-order chi connectivity index (χ1) is 9.04. The molecule has 0 bridgehead atoms. The summed E-state index contributed by atoms with van der Waals surface area (Å²) in [6.45, 7) is 0.477. The number of hydrogen-bond acceptors (Lipinski definition) is 4. The maximum absolute atomic E-state index is 11.9. The molecule has 0 aliphatic carbocycles. The van der Waals surface area contributed by atoms with Gasteiger partial charge in [-0.1, -0.05) is 23.7 Å². The number of carbonyl (C=O) groups is 1. The Bertz CT molecular complexity index is 417. The number of amides is 1. The van der Waals surface area contributed by atoms with Gasteiger partial charge in [-0.15, -0.1) is 11.8 Å². The lowest BCUT2D eigenvalue weighted by Crippen LogP contribution is -2.37. The van der Waals surface area contributed by atoms with Crippen LogP contribution in [0.15, 0.2) is 29.2 Å². The summed E-state index contributed by atoms with van der Waals surface area (Å²) < 4.78 is 4.82. The summed E-state index contributed by atoms with van der Waals surface area (Å²) in [4.78, 5) is 14.2. The van der Waals surface area contributed by atoms with E-state index < -0.39 is 6.10 Å². The zero-order chi connectivity index (χ0) is 14.3. The molecule has 1 N–H and O–H groups in total. The smallest absolute Gasteiger partial charge is 0.232 e. The molecule has 1 amide bonds. The highest BCUT2D eigenvalue weighted by molar-refractivity contribution is 8.00. The second-order valence-corrected chi connectivity index (χ2v) is 5.53. The number of aliphatic hydroxyl groups excluding tert-OH is 1. The Balaban J connectivity index is 2.40. The van der Waals surface area contributed by atoms with E-state index >= 15 is 0 Å². The molecule has 106 valence electrons. The monoisotopic (exact) mass is 303 g/mol. The largest absolute Gasteiger partial charge is 0.389 e. The minimum atomic E-state index is -0.663. The molecule has 1 aromatic rings. The van der Waals surface area contributed by atoms with Crippen LogP contribution in [-0.4, -0.2) is 55.1 Å². The molecule has 6 heteroatoms. The van der Waals surface area contributed by atoms with Crippen LogP contribution in [0.3, 0.4) is 0 Å². The van der Waals surface area contributed by atoms with E-state index in [0.29, 0.717) is 10.8 Å². The number of rotatable bonds is 7. The Morgan fingerprint density at radius 3 is 2.84 bits per heavy atom. The summed E-state index contributed by atoms with van der Waals surface area (Å²) in [5.41, 5.74) is 0. The molecule has 0 spiro atoms. The Morgan fingerprint density at radius 1 is 1.53 bits per heavy atom. The number of aliphatic hydroxyl groups is 1. The number of likely N-dealkylation sites (N-methyl/N-ethyl adjacent to an activating group) is 1. The first-order valence-corrected chi connectivity index (χ1v) is 7.19. The number of halogens is 1. The van der Waals surface area contributed by atoms with Crippen molar-refractivity contribution in [2.24, 2.45) is 0 Å². The summed E-state index contributed by atoms with van der Waals surface area (Å²) in [5, 5.41) is 10.2. The van der Waals surface area contributed by atoms with Crippen molar-refractivity contribution in [1.29, 1.82) is 0 Å². The molecule has 1 atom stereocenters. The van der Waals surface area contributed by atoms with Crippen molar-refractivity contribution in [2.75, 3.05) is 33.1 Å². The molecule has 0 radical (unpaired) electrons. The van der Waals surface area contributed by atoms with Crippen molar-refractivity contribution in [1.82, 2.24) is 4.90 Å². The van der Waals surface area contributed by atoms with E-state index in [1.165, 1.54) is 23.8 Å². The third kappa shape index (κ3) is 5.82. The van der Waals surface area contributed by atoms with Crippen LogP contribution >= 0.6 is 23.4 Å². The Labute approximate surface area is 122 Å². The van der Waals surface area contributed by atoms with E-state index in [1.807, 2.05) is 18.2 Å². The number of carbonyl (C=O) groups excluding carboxylic acids is 1. The van der Waals surface area contributed by atoms with Crippen LogP contribution in [-0.2, 0) is 9.53 Å². The van der Waals surface area contributed by atoms with Gasteiger partial charge in [-0.2, -0.15) is 0 Å². The van der Waals surface area contributed by atoms with Gasteiger partial charge in [0.1, 0.15) is 0 Å². The van der Waals surface area contributed by atoms with Crippen LogP contribution in [0.25, 0.3) is 0 Å². The Kier molecular flexibility index (Phi) is 7.23. The van der Waals surface area contributed by atoms with E-state index in [4.69, 9.17) is 16.3 Å². The maximum Gasteiger partial charge on any atom is 0.232 e. The Morgan fingerprint density at radius 2 is 2.21 bits per heavy atom. The highest BCUT2D eigenvalue weighted by Gasteiger charge is 2.14. The van der Waals surface area contributed by atoms with Gasteiger partial charge in [0.25, 0.3) is 0 Å². The summed E-state index contributed by atoms with van der Waals surface area (Å²) in [6, 6.07) is 7.40. The van der Waals surface area contributed by atoms with E-state index in [0.717, 1.165) is 4.90 Å². The zero-order valence-corrected chi connectivity index (χ0v) is 12.6. The molecule has 0 aliphatic heterocycles. The predicted octanol–water partition coefficient (Wildman–Crippen LogP) is 1.90. The molecular formula is C13H18ClNO3S. The molecule has 1 aromatic carbocycles. The molecule has 1 rings (SSSR count). The molecular weight excluding hydrogens is 286 g/mol. The number of hydrogen-bond donors (Lipinski definition) is 1. The number of benzene rings is 1. The fourth-order valence-corrected chi connectivity index (χ4v) is 2.65. The highest BCUT2D eigenvalue weighted by Crippen LogP contribution is 2.26. The predicted molar refractivity (Wildman–Crippen MR) is 77.7 cm³/mol. The van der Waals surface area contributed by atoms with Crippen LogP contribution in [0.4, 0.5) is 0 Å². The Hall–Kier alpha value is -0.750. The van der Waals surface area contributed by atoms with E-state index in [-0.39, 0.29) is 19.1 Å². The van der Waals surface area contributed by atoms with Crippen LogP contribution < -0.4 is 0 Å². The second kappa shape index (κ2) is 8.43. The minimum Gasteiger partial charge on any atom is -0.389 e. The molecule has 0 heterocycles. The van der Waals surface area contributed by atoms with Gasteiger partial charge in [0.05, 0.1) is 23.5 Å². The average Bonchev–Trinajstić information content (AvgIpc) is 2.37. The molecule has 19 heavy (non-hydrogen) atoms. The number of methoxy groups -OCH3 is 1. The van der Waals surface area contributed by atoms with Gasteiger partial charge in [-0.25, -0.2) is 0 Å². The van der Waals surface area contributed by atoms with Gasteiger partial charge in [0.15, 0.2) is 0 Å². The normalized spacial score (nSPS) is 12.2. The van der Waals surface area contributed by atoms with Gasteiger partial charge < -0.3 is 14.7 Å². The second-order valence-electron chi connectivity index (χ2n) is 4.10. The number of thioether (sulfide) groups is 1. The molecule has 0 fully saturated rings. The quantitative estimate of drug-likeness (QED) is 0.782. The first kappa shape index (κ1) is 16.3. The molecule has 0 saturated heterocycles. The third-order valence-corrected chi connectivity index (χ3v) is 3.96. The van der Waals surface area contributed by atoms with Gasteiger partial charge in [0, 0.05) is 25.6 Å². The van der Waals surface area contributed by atoms with E-state index in [1.54, 1.807) is 13.1 Å². The lowest BCUT2D eigenvalue weighted by atomic mass is 10.3. The highest BCUT2D eigenvalue weighted by atomic mass is 35.5. The van der Waals surface area contributed by atoms with Crippen LogP contribution in [0, 0.1) is 0 Å². The first-order valence-electron chi connectivity index (χ1n) is 5.83. The topological polar surface area (TPSA) is 49.8 Å². The van der Waals surface area contributed by atoms with Crippen molar-refractivity contribution in [2.45, 2.75) is 11.0 Å². The average molecular weight is 304 g/mol. The third-order valence-electron chi connectivity index (χ3n) is 2.46. The summed E-state index contributed by atoms with van der Waals surface area (Å²) >= 11 is 7.40. The summed E-state index contributed by atoms with van der Waals surface area (Å²) in [5.74, 6) is 0.236. The van der Waals surface area contributed by atoms with Gasteiger partial charge in [-0.3, -0.25) is 4.79 Å². The number of nitrogens with zero attached hydrogens (tertiary/aromatic N) is 1. The van der Waals surface area contributed by atoms with Gasteiger partial charge in [0.2, 0.25) is 5.91 Å². The zero-order valence-electron chi connectivity index (χ0n) is 11.0. The van der Waals surface area contributed by atoms with Crippen molar-refractivity contribution in [3.63, 3.8) is 0 Å². The van der Waals surface area contributed by atoms with Gasteiger partial charge in [-0.05, 0) is 12.1 Å². The number of ether oxygens (including phenoxy) is 1. The lowest BCUT2D eigenvalue weighted by Gasteiger charge is -2.20. The van der Waals surface area contributed by atoms with Crippen molar-refractivity contribution >= 4 is 29.3 Å². The van der Waals surface area contributed by atoms with E-state index in [9.17, 15) is 9.90 Å². The van der Waals surface area contributed by atoms with Crippen molar-refractivity contribution in [3.05, 3.63) is 29.3 Å². The molecule has 1 unspecified atom stereocenters. The summed E-state index contributed by atoms with van der Waals surface area (Å²) in [7, 11) is 3.17. The lowest BCUT2D eigenvalue weighted by molar-refractivity contribution is -0.128. The standard InChI is InChI=1S/C13H18ClNO3S/c1-15(7-10(16)8-18-2)13(17)9-19-12-6-4-3-5-11(12)14/h3-6,10,16H,7-9H2,1-2H3. The fraction of sp³-hybridized carbons (Fsp3) is 0.462. The minimum absolute atomic E-state index is 0.0555. The van der Waals surface area contributed by atoms with Crippen LogP contribution in [0.1, 0.15) is 0 Å². The van der Waals surface area contributed by atoms with Gasteiger partial charge >= 0.3 is 0 Å².